The number of nitrogens with one attached hydrogen (secondary N) is 1. The van der Waals surface area contributed by atoms with Crippen molar-refractivity contribution in [2.45, 2.75) is 58.0 Å². The fraction of sp³-hybridized carbons (Fsp3) is 1.00. The summed E-state index contributed by atoms with van der Waals surface area (Å²) in [5.74, 6) is 0. The molecule has 0 aliphatic carbocycles. The van der Waals surface area contributed by atoms with Crippen LogP contribution in [0.2, 0.25) is 0 Å². The van der Waals surface area contributed by atoms with Gasteiger partial charge in [0.1, 0.15) is 0 Å². The number of piperazine rings is 1. The van der Waals surface area contributed by atoms with Crippen molar-refractivity contribution in [1.29, 1.82) is 0 Å². The molecule has 0 amide bonds. The van der Waals surface area contributed by atoms with Gasteiger partial charge in [-0.05, 0) is 51.1 Å². The fourth-order valence-corrected chi connectivity index (χ4v) is 4.41. The van der Waals surface area contributed by atoms with Crippen molar-refractivity contribution >= 4 is 0 Å². The molecule has 3 heterocycles. The molecule has 0 aromatic carbocycles. The van der Waals surface area contributed by atoms with Crippen LogP contribution in [0.3, 0.4) is 0 Å². The Morgan fingerprint density at radius 2 is 2.16 bits per heavy atom. The Bertz CT molecular complexity index is 298. The zero-order valence-corrected chi connectivity index (χ0v) is 12.8. The van der Waals surface area contributed by atoms with Gasteiger partial charge in [0.05, 0.1) is 0 Å². The largest absolute Gasteiger partial charge is 0.316 e. The topological polar surface area (TPSA) is 18.5 Å². The first-order valence-corrected chi connectivity index (χ1v) is 8.41. The Hall–Kier alpha value is -0.120. The third-order valence-corrected chi connectivity index (χ3v) is 5.94. The normalized spacial score (nSPS) is 41.4. The third kappa shape index (κ3) is 2.84. The molecule has 3 nitrogen and oxygen atoms in total. The van der Waals surface area contributed by atoms with Crippen LogP contribution in [0.25, 0.3) is 0 Å². The van der Waals surface area contributed by atoms with Crippen molar-refractivity contribution in [1.82, 2.24) is 15.1 Å². The second kappa shape index (κ2) is 5.71. The van der Waals surface area contributed by atoms with Gasteiger partial charge in [0.15, 0.2) is 0 Å². The summed E-state index contributed by atoms with van der Waals surface area (Å²) >= 11 is 0. The highest BCUT2D eigenvalue weighted by Gasteiger charge is 2.39. The standard InChI is InChI=1S/C16H31N3/c1-3-16(7-8-17-12-16)13-19-11-15-6-4-5-9-18(15)10-14(19)2/h14-15,17H,3-13H2,1-2H3. The van der Waals surface area contributed by atoms with Crippen LogP contribution < -0.4 is 5.32 Å². The van der Waals surface area contributed by atoms with Crippen molar-refractivity contribution in [3.63, 3.8) is 0 Å². The van der Waals surface area contributed by atoms with E-state index in [1.807, 2.05) is 0 Å². The minimum atomic E-state index is 0.561. The van der Waals surface area contributed by atoms with E-state index in [1.54, 1.807) is 0 Å². The number of fused-ring (bicyclic) bond motifs is 1. The molecule has 3 heteroatoms. The Morgan fingerprint density at radius 3 is 2.89 bits per heavy atom. The SMILES string of the molecule is CCC1(CN2CC3CCCCN3CC2C)CCNC1. The summed E-state index contributed by atoms with van der Waals surface area (Å²) in [5.41, 5.74) is 0.561. The van der Waals surface area contributed by atoms with E-state index in [9.17, 15) is 0 Å². The molecule has 3 atom stereocenters. The molecule has 3 aliphatic heterocycles. The third-order valence-electron chi connectivity index (χ3n) is 5.94. The second-order valence-electron chi connectivity index (χ2n) is 7.20. The predicted molar refractivity (Wildman–Crippen MR) is 80.5 cm³/mol. The second-order valence-corrected chi connectivity index (χ2v) is 7.20. The molecule has 19 heavy (non-hydrogen) atoms. The Balaban J connectivity index is 1.63. The maximum Gasteiger partial charge on any atom is 0.0223 e. The highest BCUT2D eigenvalue weighted by Crippen LogP contribution is 2.33. The lowest BCUT2D eigenvalue weighted by Crippen LogP contribution is -2.60. The first-order valence-electron chi connectivity index (χ1n) is 8.41. The van der Waals surface area contributed by atoms with Crippen LogP contribution in [0.15, 0.2) is 0 Å². The molecule has 3 saturated heterocycles. The minimum absolute atomic E-state index is 0.561. The summed E-state index contributed by atoms with van der Waals surface area (Å²) in [5, 5.41) is 3.59. The van der Waals surface area contributed by atoms with Gasteiger partial charge in [-0.3, -0.25) is 9.80 Å². The molecular weight excluding hydrogens is 234 g/mol. The lowest BCUT2D eigenvalue weighted by molar-refractivity contribution is -0.00503. The highest BCUT2D eigenvalue weighted by atomic mass is 15.3. The van der Waals surface area contributed by atoms with Gasteiger partial charge in [0, 0.05) is 38.3 Å². The maximum absolute atomic E-state index is 3.59. The molecule has 3 fully saturated rings. The summed E-state index contributed by atoms with van der Waals surface area (Å²) in [6.07, 6.45) is 7.01. The zero-order valence-electron chi connectivity index (χ0n) is 12.8. The van der Waals surface area contributed by atoms with Crippen LogP contribution in [-0.4, -0.2) is 61.2 Å². The molecule has 1 N–H and O–H groups in total. The van der Waals surface area contributed by atoms with Gasteiger partial charge in [-0.1, -0.05) is 13.3 Å². The lowest BCUT2D eigenvalue weighted by Gasteiger charge is -2.49. The summed E-state index contributed by atoms with van der Waals surface area (Å²) in [6.45, 7) is 12.6. The van der Waals surface area contributed by atoms with Crippen molar-refractivity contribution < 1.29 is 0 Å². The van der Waals surface area contributed by atoms with Gasteiger partial charge >= 0.3 is 0 Å². The van der Waals surface area contributed by atoms with E-state index < -0.39 is 0 Å². The first kappa shape index (κ1) is 13.8. The van der Waals surface area contributed by atoms with Crippen molar-refractivity contribution in [2.24, 2.45) is 5.41 Å². The van der Waals surface area contributed by atoms with E-state index in [4.69, 9.17) is 0 Å². The number of rotatable bonds is 3. The van der Waals surface area contributed by atoms with Gasteiger partial charge in [0.2, 0.25) is 0 Å². The van der Waals surface area contributed by atoms with E-state index in [0.29, 0.717) is 5.41 Å². The summed E-state index contributed by atoms with van der Waals surface area (Å²) in [4.78, 5) is 5.57. The maximum atomic E-state index is 3.59. The molecule has 0 radical (unpaired) electrons. The van der Waals surface area contributed by atoms with Gasteiger partial charge in [-0.15, -0.1) is 0 Å². The zero-order chi connectivity index (χ0) is 13.3. The number of hydrogen-bond acceptors (Lipinski definition) is 3. The van der Waals surface area contributed by atoms with Crippen molar-refractivity contribution in [3.05, 3.63) is 0 Å². The predicted octanol–water partition coefficient (Wildman–Crippen LogP) is 1.93. The van der Waals surface area contributed by atoms with E-state index in [-0.39, 0.29) is 0 Å². The molecule has 0 spiro atoms. The van der Waals surface area contributed by atoms with Crippen molar-refractivity contribution in [2.75, 3.05) is 39.3 Å². The monoisotopic (exact) mass is 265 g/mol. The molecule has 0 saturated carbocycles. The number of nitrogens with zero attached hydrogens (tertiary/aromatic N) is 2. The fourth-order valence-electron chi connectivity index (χ4n) is 4.41. The smallest absolute Gasteiger partial charge is 0.0223 e. The number of hydrogen-bond donors (Lipinski definition) is 1. The van der Waals surface area contributed by atoms with E-state index in [1.165, 1.54) is 71.4 Å². The van der Waals surface area contributed by atoms with Crippen LogP contribution in [0.4, 0.5) is 0 Å². The molecule has 3 rings (SSSR count). The average Bonchev–Trinajstić information content (AvgIpc) is 2.89. The molecule has 0 bridgehead atoms. The van der Waals surface area contributed by atoms with E-state index >= 15 is 0 Å². The molecule has 0 aromatic rings. The van der Waals surface area contributed by atoms with Gasteiger partial charge in [-0.25, -0.2) is 0 Å². The molecular formula is C16H31N3. The summed E-state index contributed by atoms with van der Waals surface area (Å²) in [7, 11) is 0. The van der Waals surface area contributed by atoms with Crippen LogP contribution in [0, 0.1) is 5.41 Å². The minimum Gasteiger partial charge on any atom is -0.316 e. The molecule has 110 valence electrons. The van der Waals surface area contributed by atoms with Gasteiger partial charge < -0.3 is 5.32 Å². The Morgan fingerprint density at radius 1 is 1.26 bits per heavy atom. The Kier molecular flexibility index (Phi) is 4.16. The molecule has 3 aliphatic rings. The Labute approximate surface area is 118 Å². The number of piperidine rings is 1. The molecule has 0 aromatic heterocycles. The highest BCUT2D eigenvalue weighted by molar-refractivity contribution is 4.95. The van der Waals surface area contributed by atoms with Crippen LogP contribution in [0.1, 0.15) is 46.0 Å². The van der Waals surface area contributed by atoms with E-state index in [2.05, 4.69) is 29.0 Å². The lowest BCUT2D eigenvalue weighted by atomic mass is 9.82. The van der Waals surface area contributed by atoms with Crippen LogP contribution in [-0.2, 0) is 0 Å². The van der Waals surface area contributed by atoms with Gasteiger partial charge in [0.25, 0.3) is 0 Å². The first-order chi connectivity index (χ1) is 9.22. The van der Waals surface area contributed by atoms with Crippen molar-refractivity contribution in [3.8, 4) is 0 Å². The van der Waals surface area contributed by atoms with Crippen LogP contribution >= 0.6 is 0 Å². The van der Waals surface area contributed by atoms with E-state index in [0.717, 1.165) is 12.1 Å². The van der Waals surface area contributed by atoms with Crippen LogP contribution in [0.5, 0.6) is 0 Å². The molecule has 3 unspecified atom stereocenters. The average molecular weight is 265 g/mol. The van der Waals surface area contributed by atoms with Gasteiger partial charge in [-0.2, -0.15) is 0 Å². The summed E-state index contributed by atoms with van der Waals surface area (Å²) in [6, 6.07) is 1.60. The summed E-state index contributed by atoms with van der Waals surface area (Å²) < 4.78 is 0. The quantitative estimate of drug-likeness (QED) is 0.841.